The number of carbonyl (C=O) groups excluding carboxylic acids is 1. The van der Waals surface area contributed by atoms with Crippen LogP contribution in [0.4, 0.5) is 26.3 Å². The lowest BCUT2D eigenvalue weighted by atomic mass is 9.91. The maximum absolute atomic E-state index is 15.5. The third kappa shape index (κ3) is 11.4. The van der Waals surface area contributed by atoms with Gasteiger partial charge in [-0.2, -0.15) is 36.5 Å². The van der Waals surface area contributed by atoms with Crippen LogP contribution < -0.4 is 0 Å². The molecule has 21 heteroatoms. The van der Waals surface area contributed by atoms with Gasteiger partial charge in [0.15, 0.2) is 17.2 Å². The summed E-state index contributed by atoms with van der Waals surface area (Å²) in [4.78, 5) is 30.8. The maximum atomic E-state index is 15.5. The lowest BCUT2D eigenvalue weighted by Crippen LogP contribution is -2.57. The van der Waals surface area contributed by atoms with E-state index in [1.165, 1.54) is 45.9 Å². The zero-order valence-electron chi connectivity index (χ0n) is 40.4. The van der Waals surface area contributed by atoms with Crippen molar-refractivity contribution in [2.75, 3.05) is 26.2 Å². The average molecular weight is 1090 g/mol. The van der Waals surface area contributed by atoms with E-state index in [1.54, 1.807) is 0 Å². The highest BCUT2D eigenvalue weighted by atomic mass is 32.2. The Bertz CT molecular complexity index is 3120. The van der Waals surface area contributed by atoms with E-state index in [0.29, 0.717) is 63.3 Å². The average Bonchev–Trinajstić information content (AvgIpc) is 4.22. The number of ketones is 1. The summed E-state index contributed by atoms with van der Waals surface area (Å²) in [6.45, 7) is 4.12. The lowest BCUT2D eigenvalue weighted by Gasteiger charge is -2.41. The van der Waals surface area contributed by atoms with E-state index in [1.807, 2.05) is 105 Å². The van der Waals surface area contributed by atoms with E-state index >= 15 is 4.79 Å². The quantitative estimate of drug-likeness (QED) is 0.0871. The van der Waals surface area contributed by atoms with Crippen LogP contribution in [0.15, 0.2) is 118 Å². The molecule has 388 valence electrons. The fraction of sp³-hybridized carbons (Fsp3) is 0.377. The third-order valence-corrected chi connectivity index (χ3v) is 19.1. The first kappa shape index (κ1) is 52.0. The number of Topliss-reactive ketones (excluding diaryl/α,β-unsaturated/α-hetero) is 1. The Morgan fingerprint density at radius 3 is 1.35 bits per heavy atom. The topological polar surface area (TPSA) is 119 Å². The van der Waals surface area contributed by atoms with Crippen molar-refractivity contribution in [1.82, 2.24) is 39.3 Å². The fourth-order valence-corrected chi connectivity index (χ4v) is 14.9. The van der Waals surface area contributed by atoms with Crippen LogP contribution in [0.5, 0.6) is 0 Å². The van der Waals surface area contributed by atoms with Crippen LogP contribution in [0, 0.1) is 13.8 Å². The molecular weight excluding hydrogens is 1040 g/mol. The lowest BCUT2D eigenvalue weighted by molar-refractivity contribution is -0.142. The number of halogens is 6. The summed E-state index contributed by atoms with van der Waals surface area (Å²) in [6, 6.07) is 27.0. The summed E-state index contributed by atoms with van der Waals surface area (Å²) >= 11 is 2.98. The molecule has 2 saturated heterocycles. The van der Waals surface area contributed by atoms with E-state index < -0.39 is 57.4 Å². The van der Waals surface area contributed by atoms with Gasteiger partial charge in [-0.25, -0.2) is 9.97 Å². The van der Waals surface area contributed by atoms with Crippen LogP contribution in [0.1, 0.15) is 81.7 Å². The molecule has 4 unspecified atom stereocenters. The van der Waals surface area contributed by atoms with Gasteiger partial charge in [0.05, 0.1) is 79.7 Å². The van der Waals surface area contributed by atoms with E-state index in [2.05, 4.69) is 10.2 Å². The molecule has 0 spiro atoms. The number of hydrogen-bond donors (Lipinski definition) is 0. The van der Waals surface area contributed by atoms with Gasteiger partial charge in [-0.05, 0) is 112 Å². The Morgan fingerprint density at radius 2 is 0.973 bits per heavy atom. The molecular formula is C53H52F6N8O3S4. The van der Waals surface area contributed by atoms with E-state index in [4.69, 9.17) is 9.97 Å². The molecule has 4 aromatic heterocycles. The van der Waals surface area contributed by atoms with Crippen LogP contribution in [-0.2, 0) is 63.3 Å². The number of aromatic nitrogens is 6. The maximum Gasteiger partial charge on any atom is 0.435 e. The number of nitrogens with zero attached hydrogens (tertiary/aromatic N) is 8. The fourth-order valence-electron chi connectivity index (χ4n) is 10.3. The number of alkyl halides is 6. The van der Waals surface area contributed by atoms with Crippen molar-refractivity contribution >= 4 is 71.6 Å². The molecule has 0 aliphatic carbocycles. The van der Waals surface area contributed by atoms with Gasteiger partial charge in [0, 0.05) is 43.8 Å². The highest BCUT2D eigenvalue weighted by Crippen LogP contribution is 2.37. The molecule has 10 rings (SSSR count). The number of benzene rings is 4. The second kappa shape index (κ2) is 21.7. The summed E-state index contributed by atoms with van der Waals surface area (Å²) in [6.07, 6.45) is -7.16. The number of rotatable bonds is 16. The largest absolute Gasteiger partial charge is 0.435 e. The van der Waals surface area contributed by atoms with Crippen LogP contribution in [0.25, 0.3) is 21.5 Å². The van der Waals surface area contributed by atoms with Crippen molar-refractivity contribution in [3.05, 3.63) is 152 Å². The molecule has 11 nitrogen and oxygen atoms in total. The van der Waals surface area contributed by atoms with Crippen molar-refractivity contribution in [2.24, 2.45) is 0 Å². The van der Waals surface area contributed by atoms with Crippen molar-refractivity contribution in [3.8, 4) is 0 Å². The predicted octanol–water partition coefficient (Wildman–Crippen LogP) is 11.3. The zero-order valence-corrected chi connectivity index (χ0v) is 43.7. The van der Waals surface area contributed by atoms with Gasteiger partial charge >= 0.3 is 12.4 Å². The van der Waals surface area contributed by atoms with Crippen molar-refractivity contribution < 1.29 is 39.6 Å². The van der Waals surface area contributed by atoms with Crippen LogP contribution in [0.3, 0.4) is 0 Å². The van der Waals surface area contributed by atoms with Gasteiger partial charge in [0.2, 0.25) is 0 Å². The number of carbonyl (C=O) groups is 1. The molecule has 4 aromatic carbocycles. The molecule has 74 heavy (non-hydrogen) atoms. The molecule has 0 radical (unpaired) electrons. The minimum absolute atomic E-state index is 0.00180. The molecule has 2 aliphatic rings. The summed E-state index contributed by atoms with van der Waals surface area (Å²) in [5.41, 5.74) is -0.341. The van der Waals surface area contributed by atoms with Gasteiger partial charge < -0.3 is 0 Å². The Morgan fingerprint density at radius 1 is 0.595 bits per heavy atom. The number of thiazole rings is 2. The SMILES string of the molecule is Cc1cc(C(F)(F)F)nn1CC(C(=O)C(Cn1nc(C(F)(F)F)cc1C)N1CCC(c2nc(CS(=O)c3cccc4ccccc34)cs2)CC1)N1CCC(c2nc(CS(=O)c3cccc4ccccc34)cs2)CC1. The molecule has 6 heterocycles. The molecule has 0 saturated carbocycles. The number of aryl methyl sites for hydroxylation is 2. The minimum atomic E-state index is -4.73. The zero-order chi connectivity index (χ0) is 51.9. The first-order chi connectivity index (χ1) is 35.5. The Kier molecular flexibility index (Phi) is 15.2. The van der Waals surface area contributed by atoms with Crippen molar-refractivity contribution in [2.45, 2.75) is 110 Å². The van der Waals surface area contributed by atoms with E-state index in [0.717, 1.165) is 53.5 Å². The minimum Gasteiger partial charge on any atom is -0.296 e. The standard InChI is InChI=1S/C53H52F6N8O3S4/c1-33-25-47(52(54,55)56)62-66(33)27-43(64-21-17-37(18-22-64)50-60-39(29-71-50)31-73(69)45-15-7-11-35-9-3-5-13-41(35)45)49(68)44(28-67-34(2)26-48(63-67)53(57,58)59)65-23-19-38(20-24-65)51-61-40(30-72-51)32-74(70)46-16-8-12-36-10-4-6-14-42(36)46/h3-16,25-26,29-30,37-38,43-44H,17-24,27-28,31-32H2,1-2H3. The van der Waals surface area contributed by atoms with E-state index in [9.17, 15) is 34.8 Å². The normalized spacial score (nSPS) is 17.5. The van der Waals surface area contributed by atoms with Gasteiger partial charge in [-0.1, -0.05) is 72.8 Å². The second-order valence-electron chi connectivity index (χ2n) is 19.0. The van der Waals surface area contributed by atoms with Gasteiger partial charge in [-0.3, -0.25) is 32.4 Å². The smallest absolute Gasteiger partial charge is 0.296 e. The van der Waals surface area contributed by atoms with Crippen molar-refractivity contribution in [3.63, 3.8) is 0 Å². The van der Waals surface area contributed by atoms with E-state index in [-0.39, 0.29) is 53.6 Å². The molecule has 0 bridgehead atoms. The third-order valence-electron chi connectivity index (χ3n) is 14.2. The van der Waals surface area contributed by atoms with Crippen LogP contribution in [-0.4, -0.2) is 91.8 Å². The van der Waals surface area contributed by atoms with Crippen molar-refractivity contribution in [1.29, 1.82) is 0 Å². The highest BCUT2D eigenvalue weighted by Gasteiger charge is 2.42. The molecule has 0 N–H and O–H groups in total. The summed E-state index contributed by atoms with van der Waals surface area (Å²) in [5.74, 6) is 0.126. The van der Waals surface area contributed by atoms with Gasteiger partial charge in [0.1, 0.15) is 0 Å². The number of hydrogen-bond acceptors (Lipinski definition) is 11. The monoisotopic (exact) mass is 1090 g/mol. The van der Waals surface area contributed by atoms with Gasteiger partial charge in [0.25, 0.3) is 0 Å². The highest BCUT2D eigenvalue weighted by molar-refractivity contribution is 7.84. The summed E-state index contributed by atoms with van der Waals surface area (Å²) in [7, 11) is -2.70. The predicted molar refractivity (Wildman–Crippen MR) is 276 cm³/mol. The second-order valence-corrected chi connectivity index (χ2v) is 23.7. The summed E-state index contributed by atoms with van der Waals surface area (Å²) < 4.78 is 114. The molecule has 2 fully saturated rings. The first-order valence-electron chi connectivity index (χ1n) is 24.3. The Labute approximate surface area is 436 Å². The Balaban J connectivity index is 0.879. The molecule has 4 atom stereocenters. The van der Waals surface area contributed by atoms with Crippen LogP contribution >= 0.6 is 22.7 Å². The van der Waals surface area contributed by atoms with Gasteiger partial charge in [-0.15, -0.1) is 22.7 Å². The number of likely N-dealkylation sites (tertiary alicyclic amines) is 2. The molecule has 8 aromatic rings. The number of fused-ring (bicyclic) bond motifs is 2. The number of piperidine rings is 2. The molecule has 0 amide bonds. The molecule has 2 aliphatic heterocycles. The Hall–Kier alpha value is -5.45. The summed E-state index contributed by atoms with van der Waals surface area (Å²) in [5, 5.41) is 17.3. The first-order valence-corrected chi connectivity index (χ1v) is 28.7. The van der Waals surface area contributed by atoms with Crippen LogP contribution in [0.2, 0.25) is 0 Å².